The number of anilines is 1. The van der Waals surface area contributed by atoms with Crippen molar-refractivity contribution < 1.29 is 28.6 Å². The minimum Gasteiger partial charge on any atom is -0.490 e. The average molecular weight is 491 g/mol. The van der Waals surface area contributed by atoms with Gasteiger partial charge in [-0.1, -0.05) is 17.7 Å². The van der Waals surface area contributed by atoms with Crippen LogP contribution in [0.25, 0.3) is 0 Å². The van der Waals surface area contributed by atoms with Gasteiger partial charge in [-0.3, -0.25) is 14.4 Å². The van der Waals surface area contributed by atoms with Crippen molar-refractivity contribution in [2.45, 2.75) is 13.8 Å². The lowest BCUT2D eigenvalue weighted by atomic mass is 10.2. The van der Waals surface area contributed by atoms with Gasteiger partial charge in [0, 0.05) is 24.4 Å². The zero-order valence-electron chi connectivity index (χ0n) is 19.1. The molecule has 11 heteroatoms. The summed E-state index contributed by atoms with van der Waals surface area (Å²) < 4.78 is 16.0. The number of carbonyl (C=O) groups is 3. The van der Waals surface area contributed by atoms with E-state index in [1.165, 1.54) is 13.3 Å². The number of carbonyl (C=O) groups excluding carboxylic acids is 3. The summed E-state index contributed by atoms with van der Waals surface area (Å²) in [6.07, 6.45) is 1.35. The minimum absolute atomic E-state index is 0.211. The summed E-state index contributed by atoms with van der Waals surface area (Å²) in [7, 11) is 1.49. The van der Waals surface area contributed by atoms with Gasteiger partial charge in [0.25, 0.3) is 5.91 Å². The van der Waals surface area contributed by atoms with Crippen LogP contribution in [0.3, 0.4) is 0 Å². The second-order valence-electron chi connectivity index (χ2n) is 6.84. The monoisotopic (exact) mass is 490 g/mol. The largest absolute Gasteiger partial charge is 0.490 e. The van der Waals surface area contributed by atoms with Crippen molar-refractivity contribution in [3.8, 4) is 11.5 Å². The molecule has 0 radical (unpaired) electrons. The highest BCUT2D eigenvalue weighted by Crippen LogP contribution is 2.28. The van der Waals surface area contributed by atoms with Crippen LogP contribution in [-0.4, -0.2) is 57.4 Å². The van der Waals surface area contributed by atoms with Gasteiger partial charge >= 0.3 is 11.8 Å². The molecule has 10 nitrogen and oxygen atoms in total. The Kier molecular flexibility index (Phi) is 10.8. The quantitative estimate of drug-likeness (QED) is 0.192. The number of halogens is 1. The normalized spacial score (nSPS) is 10.6. The lowest BCUT2D eigenvalue weighted by Crippen LogP contribution is -2.39. The summed E-state index contributed by atoms with van der Waals surface area (Å²) in [5.74, 6) is -1.33. The molecular formula is C23H27ClN4O6. The summed E-state index contributed by atoms with van der Waals surface area (Å²) in [6, 6.07) is 10.1. The van der Waals surface area contributed by atoms with Crippen LogP contribution in [0, 0.1) is 6.92 Å². The lowest BCUT2D eigenvalue weighted by molar-refractivity contribution is -0.139. The number of ether oxygens (including phenoxy) is 3. The van der Waals surface area contributed by atoms with Crippen molar-refractivity contribution >= 4 is 41.2 Å². The first kappa shape index (κ1) is 26.6. The van der Waals surface area contributed by atoms with E-state index in [1.54, 1.807) is 36.4 Å². The summed E-state index contributed by atoms with van der Waals surface area (Å²) in [4.78, 5) is 35.6. The number of nitrogens with one attached hydrogen (secondary N) is 3. The molecule has 0 saturated heterocycles. The maximum absolute atomic E-state index is 12.3. The second-order valence-corrected chi connectivity index (χ2v) is 7.24. The highest BCUT2D eigenvalue weighted by Gasteiger charge is 2.12. The molecule has 0 saturated carbocycles. The van der Waals surface area contributed by atoms with Crippen LogP contribution in [0.5, 0.6) is 11.5 Å². The third-order valence-corrected chi connectivity index (χ3v) is 4.76. The zero-order valence-corrected chi connectivity index (χ0v) is 19.9. The molecule has 0 bridgehead atoms. The molecule has 0 aliphatic heterocycles. The first-order valence-corrected chi connectivity index (χ1v) is 10.8. The molecule has 2 aromatic carbocycles. The lowest BCUT2D eigenvalue weighted by Gasteiger charge is -2.13. The smallest absolute Gasteiger partial charge is 0.329 e. The molecule has 3 N–H and O–H groups in total. The Bertz CT molecular complexity index is 1040. The second kappa shape index (κ2) is 13.8. The predicted molar refractivity (Wildman–Crippen MR) is 129 cm³/mol. The number of methoxy groups -OCH3 is 1. The van der Waals surface area contributed by atoms with Crippen molar-refractivity contribution in [2.75, 3.05) is 38.8 Å². The molecule has 0 aliphatic carbocycles. The minimum atomic E-state index is -0.904. The fraction of sp³-hybridized carbons (Fsp3) is 0.304. The Morgan fingerprint density at radius 3 is 2.62 bits per heavy atom. The van der Waals surface area contributed by atoms with Crippen LogP contribution in [0.2, 0.25) is 5.02 Å². The van der Waals surface area contributed by atoms with Crippen molar-refractivity contribution in [2.24, 2.45) is 5.10 Å². The maximum Gasteiger partial charge on any atom is 0.329 e. The molecular weight excluding hydrogens is 464 g/mol. The average Bonchev–Trinajstić information content (AvgIpc) is 2.81. The Balaban J connectivity index is 1.95. The van der Waals surface area contributed by atoms with E-state index in [2.05, 4.69) is 21.2 Å². The summed E-state index contributed by atoms with van der Waals surface area (Å²) >= 11 is 6.08. The predicted octanol–water partition coefficient (Wildman–Crippen LogP) is 2.28. The number of hydrogen-bond acceptors (Lipinski definition) is 7. The Morgan fingerprint density at radius 2 is 1.88 bits per heavy atom. The van der Waals surface area contributed by atoms with E-state index in [0.717, 1.165) is 5.56 Å². The number of rotatable bonds is 11. The van der Waals surface area contributed by atoms with Gasteiger partial charge in [-0.2, -0.15) is 5.10 Å². The molecule has 2 aromatic rings. The first-order chi connectivity index (χ1) is 16.3. The number of amides is 3. The maximum atomic E-state index is 12.3. The van der Waals surface area contributed by atoms with E-state index >= 15 is 0 Å². The molecule has 0 unspecified atom stereocenters. The molecule has 0 fully saturated rings. The molecule has 2 rings (SSSR count). The van der Waals surface area contributed by atoms with E-state index < -0.39 is 11.8 Å². The molecule has 182 valence electrons. The van der Waals surface area contributed by atoms with Gasteiger partial charge in [-0.25, -0.2) is 5.43 Å². The van der Waals surface area contributed by atoms with Crippen molar-refractivity contribution in [1.29, 1.82) is 0 Å². The molecule has 0 atom stereocenters. The number of nitrogens with zero attached hydrogens (tertiary/aromatic N) is 1. The topological polar surface area (TPSA) is 127 Å². The molecule has 0 aliphatic rings. The van der Waals surface area contributed by atoms with E-state index in [9.17, 15) is 14.4 Å². The Morgan fingerprint density at radius 1 is 1.09 bits per heavy atom. The van der Waals surface area contributed by atoms with Crippen LogP contribution in [-0.2, 0) is 19.1 Å². The molecule has 0 heterocycles. The fourth-order valence-electron chi connectivity index (χ4n) is 2.63. The zero-order chi connectivity index (χ0) is 24.9. The van der Waals surface area contributed by atoms with Crippen LogP contribution < -0.4 is 25.5 Å². The van der Waals surface area contributed by atoms with Gasteiger partial charge in [0.15, 0.2) is 18.1 Å². The van der Waals surface area contributed by atoms with Crippen LogP contribution in [0.1, 0.15) is 18.1 Å². The van der Waals surface area contributed by atoms with E-state index in [1.807, 2.05) is 13.8 Å². The van der Waals surface area contributed by atoms with E-state index in [4.69, 9.17) is 25.8 Å². The summed E-state index contributed by atoms with van der Waals surface area (Å²) in [6.45, 7) is 4.24. The highest BCUT2D eigenvalue weighted by molar-refractivity contribution is 6.35. The van der Waals surface area contributed by atoms with Gasteiger partial charge in [-0.05, 0) is 55.3 Å². The highest BCUT2D eigenvalue weighted by atomic mass is 35.5. The molecule has 34 heavy (non-hydrogen) atoms. The van der Waals surface area contributed by atoms with Crippen LogP contribution in [0.15, 0.2) is 41.5 Å². The van der Waals surface area contributed by atoms with Gasteiger partial charge in [0.05, 0.1) is 19.4 Å². The standard InChI is InChI=1S/C23H27ClN4O6/c1-4-33-20-12-16(13-26-28-23(31)22(30)25-10-11-32-3)8-9-19(20)34-14-21(29)27-18-7-5-6-17(24)15(18)2/h5-9,12-13H,4,10-11,14H2,1-3H3,(H,25,30)(H,27,29)(H,28,31)/b26-13-. The van der Waals surface area contributed by atoms with Gasteiger partial charge < -0.3 is 24.8 Å². The number of hydrazone groups is 1. The third-order valence-electron chi connectivity index (χ3n) is 4.35. The van der Waals surface area contributed by atoms with Crippen molar-refractivity contribution in [3.63, 3.8) is 0 Å². The summed E-state index contributed by atoms with van der Waals surface area (Å²) in [5.41, 5.74) is 4.08. The Hall–Kier alpha value is -3.63. The van der Waals surface area contributed by atoms with Gasteiger partial charge in [0.1, 0.15) is 0 Å². The molecule has 0 spiro atoms. The van der Waals surface area contributed by atoms with Gasteiger partial charge in [0.2, 0.25) is 0 Å². The third kappa shape index (κ3) is 8.38. The van der Waals surface area contributed by atoms with Crippen molar-refractivity contribution in [1.82, 2.24) is 10.7 Å². The Labute approximate surface area is 202 Å². The van der Waals surface area contributed by atoms with Crippen LogP contribution >= 0.6 is 11.6 Å². The molecule has 0 aromatic heterocycles. The summed E-state index contributed by atoms with van der Waals surface area (Å²) in [5, 5.41) is 9.46. The van der Waals surface area contributed by atoms with Crippen LogP contribution in [0.4, 0.5) is 5.69 Å². The number of benzene rings is 2. The first-order valence-electron chi connectivity index (χ1n) is 10.4. The fourth-order valence-corrected chi connectivity index (χ4v) is 2.80. The SMILES string of the molecule is CCOc1cc(/C=N\NC(=O)C(=O)NCCOC)ccc1OCC(=O)Nc1cccc(Cl)c1C. The number of hydrogen-bond donors (Lipinski definition) is 3. The van der Waals surface area contributed by atoms with E-state index in [0.29, 0.717) is 41.0 Å². The molecule has 3 amide bonds. The van der Waals surface area contributed by atoms with E-state index in [-0.39, 0.29) is 19.1 Å². The van der Waals surface area contributed by atoms with Gasteiger partial charge in [-0.15, -0.1) is 0 Å². The van der Waals surface area contributed by atoms with Crippen molar-refractivity contribution in [3.05, 3.63) is 52.5 Å².